The Kier molecular flexibility index (Phi) is 7.37. The average Bonchev–Trinajstić information content (AvgIpc) is 3.63. The fraction of sp³-hybridized carbons (Fsp3) is 0.317. The van der Waals surface area contributed by atoms with E-state index >= 15 is 0 Å². The van der Waals surface area contributed by atoms with E-state index in [1.807, 2.05) is 0 Å². The molecule has 0 bridgehead atoms. The molecule has 0 heteroatoms. The average molecular weight is 537 g/mol. The van der Waals surface area contributed by atoms with Crippen molar-refractivity contribution in [3.8, 4) is 22.3 Å². The van der Waals surface area contributed by atoms with Crippen LogP contribution in [-0.2, 0) is 12.8 Å². The predicted molar refractivity (Wildman–Crippen MR) is 178 cm³/mol. The Morgan fingerprint density at radius 3 is 1.27 bits per heavy atom. The number of rotatable bonds is 8. The van der Waals surface area contributed by atoms with Crippen molar-refractivity contribution in [2.75, 3.05) is 0 Å². The van der Waals surface area contributed by atoms with Crippen molar-refractivity contribution in [2.45, 2.75) is 79.1 Å². The molecule has 0 aromatic heterocycles. The molecule has 0 saturated heterocycles. The van der Waals surface area contributed by atoms with Gasteiger partial charge in [-0.1, -0.05) is 150 Å². The van der Waals surface area contributed by atoms with E-state index in [0.29, 0.717) is 11.8 Å². The molecule has 4 aromatic carbocycles. The second kappa shape index (κ2) is 11.0. The maximum atomic E-state index is 2.56. The van der Waals surface area contributed by atoms with Gasteiger partial charge in [-0.15, -0.1) is 0 Å². The van der Waals surface area contributed by atoms with Gasteiger partial charge in [-0.25, -0.2) is 0 Å². The van der Waals surface area contributed by atoms with Crippen LogP contribution in [0.4, 0.5) is 0 Å². The topological polar surface area (TPSA) is 0 Å². The minimum atomic E-state index is 0.0789. The molecule has 6 rings (SSSR count). The van der Waals surface area contributed by atoms with Crippen LogP contribution in [0.15, 0.2) is 96.1 Å². The SMILES string of the molecule is CCC(CC)(C1=Cc2c(cccc2-c2ccc(C(C)C)cc2)C1)C1=Cc2c(cccc2-c2ccc(C(C)C)cc2)C1. The van der Waals surface area contributed by atoms with Gasteiger partial charge in [0.25, 0.3) is 0 Å². The third kappa shape index (κ3) is 4.82. The zero-order valence-electron chi connectivity index (χ0n) is 25.7. The molecule has 0 saturated carbocycles. The molecule has 4 aromatic rings. The minimum Gasteiger partial charge on any atom is -0.0642 e. The van der Waals surface area contributed by atoms with Crippen molar-refractivity contribution in [1.82, 2.24) is 0 Å². The molecule has 208 valence electrons. The number of benzene rings is 4. The number of fused-ring (bicyclic) bond motifs is 2. The zero-order valence-corrected chi connectivity index (χ0v) is 25.7. The van der Waals surface area contributed by atoms with Crippen LogP contribution in [-0.4, -0.2) is 0 Å². The summed E-state index contributed by atoms with van der Waals surface area (Å²) in [6.45, 7) is 13.9. The lowest BCUT2D eigenvalue weighted by atomic mass is 9.68. The normalized spacial score (nSPS) is 14.3. The summed E-state index contributed by atoms with van der Waals surface area (Å²) in [5.41, 5.74) is 17.2. The molecule has 0 aliphatic heterocycles. The molecule has 2 aliphatic rings. The Labute approximate surface area is 247 Å². The molecule has 41 heavy (non-hydrogen) atoms. The highest BCUT2D eigenvalue weighted by atomic mass is 14.4. The predicted octanol–water partition coefficient (Wildman–Crippen LogP) is 11.7. The van der Waals surface area contributed by atoms with Gasteiger partial charge in [0, 0.05) is 5.41 Å². The molecule has 0 radical (unpaired) electrons. The third-order valence-corrected chi connectivity index (χ3v) is 10.0. The lowest BCUT2D eigenvalue weighted by Crippen LogP contribution is -2.25. The van der Waals surface area contributed by atoms with Crippen LogP contribution < -0.4 is 0 Å². The first-order valence-corrected chi connectivity index (χ1v) is 15.7. The molecule has 0 heterocycles. The molecular weight excluding hydrogens is 492 g/mol. The monoisotopic (exact) mass is 536 g/mol. The highest BCUT2D eigenvalue weighted by molar-refractivity contribution is 5.84. The molecular formula is C41H44. The van der Waals surface area contributed by atoms with Crippen molar-refractivity contribution in [2.24, 2.45) is 5.41 Å². The van der Waals surface area contributed by atoms with Crippen molar-refractivity contribution in [1.29, 1.82) is 0 Å². The van der Waals surface area contributed by atoms with Crippen LogP contribution in [0, 0.1) is 5.41 Å². The number of hydrogen-bond donors (Lipinski definition) is 0. The molecule has 2 aliphatic carbocycles. The van der Waals surface area contributed by atoms with Crippen LogP contribution >= 0.6 is 0 Å². The van der Waals surface area contributed by atoms with E-state index in [-0.39, 0.29) is 5.41 Å². The first-order chi connectivity index (χ1) is 19.8. The maximum absolute atomic E-state index is 2.56. The van der Waals surface area contributed by atoms with Gasteiger partial charge in [-0.05, 0) is 93.2 Å². The van der Waals surface area contributed by atoms with Gasteiger partial charge in [-0.2, -0.15) is 0 Å². The Balaban J connectivity index is 1.38. The van der Waals surface area contributed by atoms with Crippen LogP contribution in [0.1, 0.15) is 99.6 Å². The largest absolute Gasteiger partial charge is 0.0642 e. The molecule has 0 spiro atoms. The van der Waals surface area contributed by atoms with Crippen LogP contribution in [0.2, 0.25) is 0 Å². The second-order valence-corrected chi connectivity index (χ2v) is 12.8. The molecule has 0 N–H and O–H groups in total. The second-order valence-electron chi connectivity index (χ2n) is 12.8. The summed E-state index contributed by atoms with van der Waals surface area (Å²) in [4.78, 5) is 0. The van der Waals surface area contributed by atoms with Gasteiger partial charge >= 0.3 is 0 Å². The Morgan fingerprint density at radius 1 is 0.537 bits per heavy atom. The first kappa shape index (κ1) is 27.5. The summed E-state index contributed by atoms with van der Waals surface area (Å²) in [5.74, 6) is 1.10. The van der Waals surface area contributed by atoms with Crippen LogP contribution in [0.3, 0.4) is 0 Å². The lowest BCUT2D eigenvalue weighted by molar-refractivity contribution is 0.390. The molecule has 0 atom stereocenters. The summed E-state index contributed by atoms with van der Waals surface area (Å²) in [5, 5.41) is 0. The van der Waals surface area contributed by atoms with E-state index in [2.05, 4.69) is 139 Å². The van der Waals surface area contributed by atoms with E-state index in [1.165, 1.54) is 55.6 Å². The summed E-state index contributed by atoms with van der Waals surface area (Å²) >= 11 is 0. The van der Waals surface area contributed by atoms with Gasteiger partial charge in [0.1, 0.15) is 0 Å². The summed E-state index contributed by atoms with van der Waals surface area (Å²) < 4.78 is 0. The summed E-state index contributed by atoms with van der Waals surface area (Å²) in [7, 11) is 0. The van der Waals surface area contributed by atoms with Gasteiger partial charge in [0.15, 0.2) is 0 Å². The van der Waals surface area contributed by atoms with E-state index in [0.717, 1.165) is 25.7 Å². The van der Waals surface area contributed by atoms with Crippen LogP contribution in [0.5, 0.6) is 0 Å². The molecule has 0 nitrogen and oxygen atoms in total. The van der Waals surface area contributed by atoms with E-state index < -0.39 is 0 Å². The highest BCUT2D eigenvalue weighted by Gasteiger charge is 2.39. The van der Waals surface area contributed by atoms with Gasteiger partial charge in [-0.3, -0.25) is 0 Å². The minimum absolute atomic E-state index is 0.0789. The molecule has 0 fully saturated rings. The van der Waals surface area contributed by atoms with E-state index in [4.69, 9.17) is 0 Å². The summed E-state index contributed by atoms with van der Waals surface area (Å²) in [6.07, 6.45) is 9.46. The van der Waals surface area contributed by atoms with E-state index in [1.54, 1.807) is 11.1 Å². The number of allylic oxidation sites excluding steroid dienone is 2. The van der Waals surface area contributed by atoms with E-state index in [9.17, 15) is 0 Å². The standard InChI is InChI=1S/C41H44/c1-7-41(8-2,35-23-33-11-9-13-37(39(33)25-35)31-19-15-29(16-20-31)27(3)4)36-24-34-12-10-14-38(40(34)26-36)32-21-17-30(18-22-32)28(5)6/h9-22,25-28H,7-8,23-24H2,1-6H3. The van der Waals surface area contributed by atoms with Crippen LogP contribution in [0.25, 0.3) is 34.4 Å². The first-order valence-electron chi connectivity index (χ1n) is 15.7. The lowest BCUT2D eigenvalue weighted by Gasteiger charge is -2.35. The summed E-state index contributed by atoms with van der Waals surface area (Å²) in [6, 6.07) is 32.3. The fourth-order valence-electron chi connectivity index (χ4n) is 7.31. The zero-order chi connectivity index (χ0) is 28.7. The highest BCUT2D eigenvalue weighted by Crippen LogP contribution is 2.52. The Hall–Kier alpha value is -3.64. The molecule has 0 unspecified atom stereocenters. The quantitative estimate of drug-likeness (QED) is 0.210. The van der Waals surface area contributed by atoms with Crippen molar-refractivity contribution in [3.63, 3.8) is 0 Å². The fourth-order valence-corrected chi connectivity index (χ4v) is 7.31. The third-order valence-electron chi connectivity index (χ3n) is 10.0. The smallest absolute Gasteiger partial charge is 0.0129 e. The number of hydrogen-bond acceptors (Lipinski definition) is 0. The van der Waals surface area contributed by atoms with Gasteiger partial charge in [0.05, 0.1) is 0 Å². The Bertz CT molecular complexity index is 1500. The van der Waals surface area contributed by atoms with Gasteiger partial charge in [0.2, 0.25) is 0 Å². The Morgan fingerprint density at radius 2 is 0.927 bits per heavy atom. The molecule has 0 amide bonds. The maximum Gasteiger partial charge on any atom is 0.0129 e. The van der Waals surface area contributed by atoms with Crippen molar-refractivity contribution in [3.05, 3.63) is 129 Å². The van der Waals surface area contributed by atoms with Crippen molar-refractivity contribution >= 4 is 12.2 Å². The van der Waals surface area contributed by atoms with Crippen molar-refractivity contribution < 1.29 is 0 Å². The van der Waals surface area contributed by atoms with Gasteiger partial charge < -0.3 is 0 Å².